The molecule has 0 spiro atoms. The van der Waals surface area contributed by atoms with Crippen molar-refractivity contribution < 1.29 is 9.53 Å². The summed E-state index contributed by atoms with van der Waals surface area (Å²) in [6.45, 7) is 2.53. The quantitative estimate of drug-likeness (QED) is 0.533. The molecule has 0 heterocycles. The first-order chi connectivity index (χ1) is 6.31. The Balaban J connectivity index is 2.95. The molecule has 0 aromatic rings. The van der Waals surface area contributed by atoms with Gasteiger partial charge in [-0.25, -0.2) is 0 Å². The van der Waals surface area contributed by atoms with Crippen molar-refractivity contribution in [1.29, 1.82) is 0 Å². The number of hydrogen-bond acceptors (Lipinski definition) is 3. The standard InChI is InChI=1S/C9H20N2O2/c1-10-9(12)5-7-11-6-3-4-8-13-2/h11H,3-8H2,1-2H3,(H,10,12). The fraction of sp³-hybridized carbons (Fsp3) is 0.889. The molecule has 0 aliphatic carbocycles. The molecule has 78 valence electrons. The molecule has 0 aliphatic rings. The molecule has 1 amide bonds. The van der Waals surface area contributed by atoms with E-state index in [2.05, 4.69) is 10.6 Å². The molecule has 0 saturated carbocycles. The van der Waals surface area contributed by atoms with Gasteiger partial charge in [-0.15, -0.1) is 0 Å². The number of carbonyl (C=O) groups is 1. The van der Waals surface area contributed by atoms with Gasteiger partial charge in [0.2, 0.25) is 5.91 Å². The summed E-state index contributed by atoms with van der Waals surface area (Å²) in [4.78, 5) is 10.8. The molecule has 0 fully saturated rings. The molecule has 0 saturated heterocycles. The van der Waals surface area contributed by atoms with E-state index in [0.29, 0.717) is 6.42 Å². The van der Waals surface area contributed by atoms with Crippen LogP contribution in [0.3, 0.4) is 0 Å². The molecule has 0 rings (SSSR count). The normalized spacial score (nSPS) is 10.0. The van der Waals surface area contributed by atoms with Crippen LogP contribution < -0.4 is 10.6 Å². The summed E-state index contributed by atoms with van der Waals surface area (Å²) in [6, 6.07) is 0. The number of amides is 1. The van der Waals surface area contributed by atoms with E-state index in [9.17, 15) is 4.79 Å². The van der Waals surface area contributed by atoms with Crippen molar-refractivity contribution in [1.82, 2.24) is 10.6 Å². The van der Waals surface area contributed by atoms with Crippen LogP contribution in [0.2, 0.25) is 0 Å². The maximum atomic E-state index is 10.8. The number of carbonyl (C=O) groups excluding carboxylic acids is 1. The van der Waals surface area contributed by atoms with Gasteiger partial charge in [0.1, 0.15) is 0 Å². The van der Waals surface area contributed by atoms with Gasteiger partial charge in [0.25, 0.3) is 0 Å². The highest BCUT2D eigenvalue weighted by molar-refractivity contribution is 5.75. The molecule has 0 aliphatic heterocycles. The zero-order valence-corrected chi connectivity index (χ0v) is 8.56. The highest BCUT2D eigenvalue weighted by atomic mass is 16.5. The van der Waals surface area contributed by atoms with Crippen LogP contribution in [0.5, 0.6) is 0 Å². The third-order valence-corrected chi connectivity index (χ3v) is 1.76. The smallest absolute Gasteiger partial charge is 0.221 e. The maximum absolute atomic E-state index is 10.8. The lowest BCUT2D eigenvalue weighted by Crippen LogP contribution is -2.25. The summed E-state index contributed by atoms with van der Waals surface area (Å²) in [6.07, 6.45) is 2.73. The van der Waals surface area contributed by atoms with E-state index in [4.69, 9.17) is 4.74 Å². The van der Waals surface area contributed by atoms with Gasteiger partial charge in [0.05, 0.1) is 0 Å². The molecule has 0 aromatic carbocycles. The van der Waals surface area contributed by atoms with Crippen LogP contribution in [0.15, 0.2) is 0 Å². The Kier molecular flexibility index (Phi) is 9.03. The number of unbranched alkanes of at least 4 members (excludes halogenated alkanes) is 1. The topological polar surface area (TPSA) is 50.4 Å². The molecule has 0 atom stereocenters. The van der Waals surface area contributed by atoms with Gasteiger partial charge in [-0.2, -0.15) is 0 Å². The van der Waals surface area contributed by atoms with Crippen molar-refractivity contribution in [3.8, 4) is 0 Å². The average molecular weight is 188 g/mol. The third kappa shape index (κ3) is 9.30. The van der Waals surface area contributed by atoms with E-state index in [-0.39, 0.29) is 5.91 Å². The van der Waals surface area contributed by atoms with Gasteiger partial charge in [-0.3, -0.25) is 4.79 Å². The predicted molar refractivity (Wildman–Crippen MR) is 52.7 cm³/mol. The Morgan fingerprint density at radius 2 is 2.08 bits per heavy atom. The lowest BCUT2D eigenvalue weighted by Gasteiger charge is -2.03. The van der Waals surface area contributed by atoms with Gasteiger partial charge in [-0.1, -0.05) is 0 Å². The molecular weight excluding hydrogens is 168 g/mol. The SMILES string of the molecule is CNC(=O)CCNCCCCOC. The monoisotopic (exact) mass is 188 g/mol. The Morgan fingerprint density at radius 1 is 1.31 bits per heavy atom. The van der Waals surface area contributed by atoms with Gasteiger partial charge >= 0.3 is 0 Å². The van der Waals surface area contributed by atoms with Crippen molar-refractivity contribution >= 4 is 5.91 Å². The highest BCUT2D eigenvalue weighted by Crippen LogP contribution is 1.86. The lowest BCUT2D eigenvalue weighted by molar-refractivity contribution is -0.120. The summed E-state index contributed by atoms with van der Waals surface area (Å²) in [5, 5.41) is 5.77. The second-order valence-corrected chi connectivity index (χ2v) is 2.87. The van der Waals surface area contributed by atoms with Crippen molar-refractivity contribution in [3.05, 3.63) is 0 Å². The molecular formula is C9H20N2O2. The van der Waals surface area contributed by atoms with E-state index < -0.39 is 0 Å². The second kappa shape index (κ2) is 9.48. The number of hydrogen-bond donors (Lipinski definition) is 2. The second-order valence-electron chi connectivity index (χ2n) is 2.87. The molecule has 2 N–H and O–H groups in total. The first-order valence-corrected chi connectivity index (χ1v) is 4.71. The van der Waals surface area contributed by atoms with E-state index in [1.807, 2.05) is 0 Å². The molecule has 0 radical (unpaired) electrons. The van der Waals surface area contributed by atoms with E-state index in [1.165, 1.54) is 0 Å². The van der Waals surface area contributed by atoms with Crippen molar-refractivity contribution in [2.75, 3.05) is 33.9 Å². The van der Waals surface area contributed by atoms with E-state index in [1.54, 1.807) is 14.2 Å². The predicted octanol–water partition coefficient (Wildman–Crippen LogP) is 0.139. The lowest BCUT2D eigenvalue weighted by atomic mass is 10.3. The summed E-state index contributed by atoms with van der Waals surface area (Å²) >= 11 is 0. The Morgan fingerprint density at radius 3 is 2.69 bits per heavy atom. The Hall–Kier alpha value is -0.610. The Bertz CT molecular complexity index is 129. The van der Waals surface area contributed by atoms with Gasteiger partial charge in [0.15, 0.2) is 0 Å². The molecule has 13 heavy (non-hydrogen) atoms. The fourth-order valence-corrected chi connectivity index (χ4v) is 0.948. The zero-order chi connectivity index (χ0) is 9.94. The minimum Gasteiger partial charge on any atom is -0.385 e. The van der Waals surface area contributed by atoms with Crippen LogP contribution in [-0.4, -0.2) is 39.8 Å². The van der Waals surface area contributed by atoms with Crippen molar-refractivity contribution in [3.63, 3.8) is 0 Å². The minimum atomic E-state index is 0.0874. The van der Waals surface area contributed by atoms with Gasteiger partial charge in [-0.05, 0) is 19.4 Å². The van der Waals surface area contributed by atoms with Crippen LogP contribution in [-0.2, 0) is 9.53 Å². The van der Waals surface area contributed by atoms with Crippen LogP contribution in [0.1, 0.15) is 19.3 Å². The summed E-state index contributed by atoms with van der Waals surface area (Å²) in [5.41, 5.74) is 0. The number of nitrogens with one attached hydrogen (secondary N) is 2. The number of methoxy groups -OCH3 is 1. The minimum absolute atomic E-state index is 0.0874. The first kappa shape index (κ1) is 12.4. The molecule has 0 aromatic heterocycles. The largest absolute Gasteiger partial charge is 0.385 e. The van der Waals surface area contributed by atoms with Crippen molar-refractivity contribution in [2.24, 2.45) is 0 Å². The van der Waals surface area contributed by atoms with Crippen LogP contribution in [0.4, 0.5) is 0 Å². The molecule has 0 unspecified atom stereocenters. The summed E-state index contributed by atoms with van der Waals surface area (Å²) in [7, 11) is 3.36. The number of ether oxygens (including phenoxy) is 1. The van der Waals surface area contributed by atoms with E-state index in [0.717, 1.165) is 32.5 Å². The summed E-state index contributed by atoms with van der Waals surface area (Å²) < 4.78 is 4.91. The molecule has 4 heteroatoms. The van der Waals surface area contributed by atoms with Crippen molar-refractivity contribution in [2.45, 2.75) is 19.3 Å². The van der Waals surface area contributed by atoms with Crippen LogP contribution in [0, 0.1) is 0 Å². The highest BCUT2D eigenvalue weighted by Gasteiger charge is 1.95. The maximum Gasteiger partial charge on any atom is 0.221 e. The Labute approximate surface area is 80.0 Å². The van der Waals surface area contributed by atoms with E-state index >= 15 is 0 Å². The summed E-state index contributed by atoms with van der Waals surface area (Å²) in [5.74, 6) is 0.0874. The first-order valence-electron chi connectivity index (χ1n) is 4.71. The fourth-order valence-electron chi connectivity index (χ4n) is 0.948. The number of rotatable bonds is 8. The molecule has 0 bridgehead atoms. The van der Waals surface area contributed by atoms with Crippen LogP contribution in [0.25, 0.3) is 0 Å². The molecule has 4 nitrogen and oxygen atoms in total. The van der Waals surface area contributed by atoms with Gasteiger partial charge in [0, 0.05) is 33.7 Å². The average Bonchev–Trinajstić information content (AvgIpc) is 2.16. The zero-order valence-electron chi connectivity index (χ0n) is 8.56. The van der Waals surface area contributed by atoms with Gasteiger partial charge < -0.3 is 15.4 Å². The third-order valence-electron chi connectivity index (χ3n) is 1.76. The van der Waals surface area contributed by atoms with Crippen LogP contribution >= 0.6 is 0 Å².